The average Bonchev–Trinajstić information content (AvgIpc) is 2.49. The second kappa shape index (κ2) is 7.58. The van der Waals surface area contributed by atoms with E-state index in [-0.39, 0.29) is 10.8 Å². The van der Waals surface area contributed by atoms with Crippen LogP contribution in [0.3, 0.4) is 0 Å². The van der Waals surface area contributed by atoms with Crippen molar-refractivity contribution in [2.75, 3.05) is 7.05 Å². The molecule has 1 unspecified atom stereocenters. The van der Waals surface area contributed by atoms with Gasteiger partial charge in [-0.15, -0.1) is 0 Å². The Hall–Kier alpha value is -1.38. The van der Waals surface area contributed by atoms with Gasteiger partial charge in [-0.1, -0.05) is 47.5 Å². The summed E-state index contributed by atoms with van der Waals surface area (Å²) in [5.41, 5.74) is 3.59. The van der Waals surface area contributed by atoms with E-state index in [1.165, 1.54) is 17.2 Å². The van der Waals surface area contributed by atoms with Crippen LogP contribution in [0.2, 0.25) is 5.02 Å². The molecule has 0 saturated carbocycles. The van der Waals surface area contributed by atoms with Crippen LogP contribution in [0.25, 0.3) is 0 Å². The Morgan fingerprint density at radius 3 is 2.38 bits per heavy atom. The summed E-state index contributed by atoms with van der Waals surface area (Å²) < 4.78 is 13.5. The van der Waals surface area contributed by atoms with Crippen LogP contribution in [-0.4, -0.2) is 13.1 Å². The van der Waals surface area contributed by atoms with E-state index in [0.29, 0.717) is 6.04 Å². The van der Waals surface area contributed by atoms with Crippen molar-refractivity contribution in [2.45, 2.75) is 32.2 Å². The number of aryl methyl sites for hydroxylation is 2. The monoisotopic (exact) mass is 305 g/mol. The second-order valence-corrected chi connectivity index (χ2v) is 5.87. The summed E-state index contributed by atoms with van der Waals surface area (Å²) in [7, 11) is 1.95. The van der Waals surface area contributed by atoms with Crippen LogP contribution in [0.1, 0.15) is 23.1 Å². The largest absolute Gasteiger partial charge is 0.317 e. The molecule has 3 heteroatoms. The first-order valence-electron chi connectivity index (χ1n) is 7.25. The smallest absolute Gasteiger partial charge is 0.142 e. The molecule has 0 amide bonds. The number of hydrogen-bond acceptors (Lipinski definition) is 1. The lowest BCUT2D eigenvalue weighted by Gasteiger charge is -2.16. The fourth-order valence-electron chi connectivity index (χ4n) is 2.40. The number of rotatable bonds is 6. The van der Waals surface area contributed by atoms with E-state index in [9.17, 15) is 4.39 Å². The van der Waals surface area contributed by atoms with Crippen LogP contribution in [0.4, 0.5) is 4.39 Å². The summed E-state index contributed by atoms with van der Waals surface area (Å²) in [5.74, 6) is -0.345. The van der Waals surface area contributed by atoms with Gasteiger partial charge in [-0.2, -0.15) is 0 Å². The lowest BCUT2D eigenvalue weighted by Crippen LogP contribution is -2.28. The molecule has 0 heterocycles. The summed E-state index contributed by atoms with van der Waals surface area (Å²) >= 11 is 5.71. The lowest BCUT2D eigenvalue weighted by atomic mass is 9.98. The minimum atomic E-state index is -0.345. The van der Waals surface area contributed by atoms with Gasteiger partial charge in [-0.3, -0.25) is 0 Å². The highest BCUT2D eigenvalue weighted by atomic mass is 35.5. The van der Waals surface area contributed by atoms with Crippen LogP contribution in [0.15, 0.2) is 42.5 Å². The van der Waals surface area contributed by atoms with Crippen molar-refractivity contribution in [3.63, 3.8) is 0 Å². The van der Waals surface area contributed by atoms with Crippen molar-refractivity contribution in [2.24, 2.45) is 0 Å². The van der Waals surface area contributed by atoms with Gasteiger partial charge in [0.05, 0.1) is 5.02 Å². The zero-order valence-electron chi connectivity index (χ0n) is 12.5. The van der Waals surface area contributed by atoms with Crippen molar-refractivity contribution in [3.8, 4) is 0 Å². The van der Waals surface area contributed by atoms with Gasteiger partial charge in [0, 0.05) is 6.04 Å². The van der Waals surface area contributed by atoms with Crippen LogP contribution in [0, 0.1) is 12.7 Å². The minimum absolute atomic E-state index is 0.180. The summed E-state index contributed by atoms with van der Waals surface area (Å²) in [5, 5.41) is 3.49. The third kappa shape index (κ3) is 4.83. The highest BCUT2D eigenvalue weighted by Crippen LogP contribution is 2.17. The van der Waals surface area contributed by atoms with Crippen molar-refractivity contribution >= 4 is 11.6 Å². The highest BCUT2D eigenvalue weighted by Gasteiger charge is 2.09. The van der Waals surface area contributed by atoms with Gasteiger partial charge < -0.3 is 5.32 Å². The van der Waals surface area contributed by atoms with Gasteiger partial charge in [0.25, 0.3) is 0 Å². The number of hydrogen-bond donors (Lipinski definition) is 1. The number of benzene rings is 2. The molecule has 0 aliphatic carbocycles. The summed E-state index contributed by atoms with van der Waals surface area (Å²) in [6, 6.07) is 14.0. The number of likely N-dealkylation sites (N-methyl/N-ethyl adjacent to an activating group) is 1. The van der Waals surface area contributed by atoms with E-state index < -0.39 is 0 Å². The molecule has 2 aromatic carbocycles. The van der Waals surface area contributed by atoms with E-state index >= 15 is 0 Å². The molecule has 0 bridgehead atoms. The molecule has 0 fully saturated rings. The van der Waals surface area contributed by atoms with Gasteiger partial charge >= 0.3 is 0 Å². The Kier molecular flexibility index (Phi) is 5.77. The molecule has 0 aromatic heterocycles. The molecule has 21 heavy (non-hydrogen) atoms. The quantitative estimate of drug-likeness (QED) is 0.825. The first-order chi connectivity index (χ1) is 10.1. The van der Waals surface area contributed by atoms with Gasteiger partial charge in [0.15, 0.2) is 0 Å². The fraction of sp³-hybridized carbons (Fsp3) is 0.333. The first-order valence-corrected chi connectivity index (χ1v) is 7.63. The first kappa shape index (κ1) is 16.0. The second-order valence-electron chi connectivity index (χ2n) is 5.46. The Labute approximate surface area is 131 Å². The maximum absolute atomic E-state index is 13.5. The zero-order valence-corrected chi connectivity index (χ0v) is 13.3. The molecule has 1 atom stereocenters. The average molecular weight is 306 g/mol. The molecule has 0 saturated heterocycles. The van der Waals surface area contributed by atoms with Crippen LogP contribution >= 0.6 is 11.6 Å². The Balaban J connectivity index is 1.93. The molecule has 112 valence electrons. The predicted molar refractivity (Wildman–Crippen MR) is 87.5 cm³/mol. The molecule has 0 spiro atoms. The third-order valence-corrected chi connectivity index (χ3v) is 4.08. The molecule has 2 aromatic rings. The van der Waals surface area contributed by atoms with E-state index in [1.807, 2.05) is 13.1 Å². The topological polar surface area (TPSA) is 12.0 Å². The third-order valence-electron chi connectivity index (χ3n) is 3.78. The molecular weight excluding hydrogens is 285 g/mol. The Bertz CT molecular complexity index is 580. The molecule has 1 N–H and O–H groups in total. The molecule has 0 aliphatic heterocycles. The zero-order chi connectivity index (χ0) is 15.2. The van der Waals surface area contributed by atoms with Gasteiger partial charge in [-0.25, -0.2) is 4.39 Å². The SMILES string of the molecule is CNC(CCc1ccc(C)cc1)Cc1ccc(Cl)c(F)c1. The molecule has 0 aliphatic rings. The normalized spacial score (nSPS) is 12.4. The Morgan fingerprint density at radius 1 is 1.10 bits per heavy atom. The summed E-state index contributed by atoms with van der Waals surface area (Å²) in [4.78, 5) is 0. The maximum Gasteiger partial charge on any atom is 0.142 e. The van der Waals surface area contributed by atoms with Crippen LogP contribution in [0.5, 0.6) is 0 Å². The van der Waals surface area contributed by atoms with Gasteiger partial charge in [0.2, 0.25) is 0 Å². The van der Waals surface area contributed by atoms with E-state index in [1.54, 1.807) is 6.07 Å². The highest BCUT2D eigenvalue weighted by molar-refractivity contribution is 6.30. The lowest BCUT2D eigenvalue weighted by molar-refractivity contribution is 0.518. The van der Waals surface area contributed by atoms with Crippen LogP contribution < -0.4 is 5.32 Å². The predicted octanol–water partition coefficient (Wildman–Crippen LogP) is 4.55. The number of nitrogens with one attached hydrogen (secondary N) is 1. The molecule has 1 nitrogen and oxygen atoms in total. The standard InChI is InChI=1S/C18H21ClFN/c1-13-3-5-14(6-4-13)7-9-16(21-2)11-15-8-10-17(19)18(20)12-15/h3-6,8,10,12,16,21H,7,9,11H2,1-2H3. The van der Waals surface area contributed by atoms with Crippen molar-refractivity contribution in [1.29, 1.82) is 0 Å². The summed E-state index contributed by atoms with van der Waals surface area (Å²) in [6.07, 6.45) is 2.84. The van der Waals surface area contributed by atoms with E-state index in [0.717, 1.165) is 24.8 Å². The van der Waals surface area contributed by atoms with E-state index in [2.05, 4.69) is 36.5 Å². The summed E-state index contributed by atoms with van der Waals surface area (Å²) in [6.45, 7) is 2.09. The maximum atomic E-state index is 13.5. The van der Waals surface area contributed by atoms with Crippen molar-refractivity contribution in [1.82, 2.24) is 5.32 Å². The van der Waals surface area contributed by atoms with Gasteiger partial charge in [0.1, 0.15) is 5.82 Å². The fourth-order valence-corrected chi connectivity index (χ4v) is 2.51. The number of halogens is 2. The Morgan fingerprint density at radius 2 is 1.76 bits per heavy atom. The molecule has 0 radical (unpaired) electrons. The van der Waals surface area contributed by atoms with Crippen molar-refractivity contribution in [3.05, 3.63) is 70.0 Å². The van der Waals surface area contributed by atoms with E-state index in [4.69, 9.17) is 11.6 Å². The molecule has 2 rings (SSSR count). The van der Waals surface area contributed by atoms with Crippen molar-refractivity contribution < 1.29 is 4.39 Å². The minimum Gasteiger partial charge on any atom is -0.317 e. The molecular formula is C18H21ClFN. The van der Waals surface area contributed by atoms with Crippen LogP contribution in [-0.2, 0) is 12.8 Å². The van der Waals surface area contributed by atoms with Gasteiger partial charge in [-0.05, 0) is 56.5 Å².